The molecule has 0 bridgehead atoms. The Labute approximate surface area is 109 Å². The van der Waals surface area contributed by atoms with Gasteiger partial charge in [-0.1, -0.05) is 6.07 Å². The number of methoxy groups -OCH3 is 1. The first kappa shape index (κ1) is 12.9. The number of carbonyl (C=O) groups is 1. The highest BCUT2D eigenvalue weighted by Crippen LogP contribution is 2.35. The second kappa shape index (κ2) is 5.89. The van der Waals surface area contributed by atoms with Crippen molar-refractivity contribution in [3.05, 3.63) is 29.3 Å². The van der Waals surface area contributed by atoms with Gasteiger partial charge in [-0.15, -0.1) is 0 Å². The summed E-state index contributed by atoms with van der Waals surface area (Å²) in [5, 5.41) is 2.88. The van der Waals surface area contributed by atoms with Crippen molar-refractivity contribution in [3.63, 3.8) is 0 Å². The maximum absolute atomic E-state index is 10.9. The molecule has 1 aliphatic carbocycles. The molecular formula is C15H21NO2. The highest BCUT2D eigenvalue weighted by atomic mass is 16.5. The maximum Gasteiger partial charge on any atom is 0.216 e. The number of amides is 1. The van der Waals surface area contributed by atoms with Gasteiger partial charge in [0, 0.05) is 13.5 Å². The third-order valence-corrected chi connectivity index (χ3v) is 3.66. The second-order valence-corrected chi connectivity index (χ2v) is 4.93. The first-order valence-corrected chi connectivity index (χ1v) is 6.62. The monoisotopic (exact) mass is 247 g/mol. The minimum Gasteiger partial charge on any atom is -0.497 e. The molecule has 1 aromatic carbocycles. The number of hydrogen-bond donors (Lipinski definition) is 1. The number of ether oxygens (including phenoxy) is 1. The van der Waals surface area contributed by atoms with Gasteiger partial charge in [-0.3, -0.25) is 4.79 Å². The number of fused-ring (bicyclic) bond motifs is 1. The van der Waals surface area contributed by atoms with Crippen LogP contribution in [0.2, 0.25) is 0 Å². The topological polar surface area (TPSA) is 38.3 Å². The van der Waals surface area contributed by atoms with Crippen LogP contribution in [0, 0.1) is 0 Å². The van der Waals surface area contributed by atoms with E-state index < -0.39 is 0 Å². The number of benzene rings is 1. The zero-order valence-electron chi connectivity index (χ0n) is 11.2. The quantitative estimate of drug-likeness (QED) is 0.888. The van der Waals surface area contributed by atoms with Crippen LogP contribution in [0.4, 0.5) is 0 Å². The van der Waals surface area contributed by atoms with Crippen LogP contribution in [0.15, 0.2) is 18.2 Å². The Balaban J connectivity index is 2.08. The van der Waals surface area contributed by atoms with Gasteiger partial charge in [-0.25, -0.2) is 0 Å². The number of nitrogens with one attached hydrogen (secondary N) is 1. The zero-order chi connectivity index (χ0) is 13.0. The van der Waals surface area contributed by atoms with Crippen LogP contribution >= 0.6 is 0 Å². The average molecular weight is 247 g/mol. The predicted octanol–water partition coefficient (Wildman–Crippen LogP) is 2.64. The van der Waals surface area contributed by atoms with Gasteiger partial charge in [0.15, 0.2) is 0 Å². The van der Waals surface area contributed by atoms with Gasteiger partial charge < -0.3 is 10.1 Å². The molecule has 3 heteroatoms. The molecule has 0 aliphatic heterocycles. The molecule has 1 atom stereocenters. The minimum absolute atomic E-state index is 0.0525. The molecule has 18 heavy (non-hydrogen) atoms. The lowest BCUT2D eigenvalue weighted by molar-refractivity contribution is -0.118. The van der Waals surface area contributed by atoms with Crippen molar-refractivity contribution in [1.29, 1.82) is 0 Å². The fourth-order valence-electron chi connectivity index (χ4n) is 2.72. The van der Waals surface area contributed by atoms with E-state index in [1.165, 1.54) is 24.0 Å². The summed E-state index contributed by atoms with van der Waals surface area (Å²) in [5.41, 5.74) is 2.85. The summed E-state index contributed by atoms with van der Waals surface area (Å²) in [6.07, 6.45) is 4.62. The van der Waals surface area contributed by atoms with Crippen LogP contribution in [0.5, 0.6) is 5.75 Å². The van der Waals surface area contributed by atoms with Gasteiger partial charge in [0.2, 0.25) is 5.91 Å². The Morgan fingerprint density at radius 3 is 3.06 bits per heavy atom. The Bertz CT molecular complexity index is 429. The van der Waals surface area contributed by atoms with Gasteiger partial charge in [0.25, 0.3) is 0 Å². The molecule has 1 N–H and O–H groups in total. The Morgan fingerprint density at radius 1 is 1.50 bits per heavy atom. The highest BCUT2D eigenvalue weighted by Gasteiger charge is 2.20. The molecule has 0 saturated heterocycles. The van der Waals surface area contributed by atoms with Crippen LogP contribution < -0.4 is 10.1 Å². The number of carbonyl (C=O) groups excluding carboxylic acids is 1. The van der Waals surface area contributed by atoms with E-state index in [9.17, 15) is 4.79 Å². The van der Waals surface area contributed by atoms with E-state index in [4.69, 9.17) is 4.74 Å². The Morgan fingerprint density at radius 2 is 2.33 bits per heavy atom. The molecular weight excluding hydrogens is 226 g/mol. The van der Waals surface area contributed by atoms with E-state index in [0.717, 1.165) is 25.1 Å². The first-order chi connectivity index (χ1) is 8.70. The van der Waals surface area contributed by atoms with Crippen molar-refractivity contribution in [2.75, 3.05) is 13.7 Å². The average Bonchev–Trinajstić information content (AvgIpc) is 2.38. The standard InChI is InChI=1S/C15H21NO2/c1-11(17)16-9-8-13-5-3-4-12-6-7-14(18-2)10-15(12)13/h6-7,10,13H,3-5,8-9H2,1-2H3,(H,16,17). The third kappa shape index (κ3) is 3.03. The molecule has 0 fully saturated rings. The summed E-state index contributed by atoms with van der Waals surface area (Å²) in [6.45, 7) is 2.33. The predicted molar refractivity (Wildman–Crippen MR) is 72.0 cm³/mol. The number of hydrogen-bond acceptors (Lipinski definition) is 2. The lowest BCUT2D eigenvalue weighted by Gasteiger charge is -2.26. The van der Waals surface area contributed by atoms with Gasteiger partial charge in [-0.05, 0) is 54.9 Å². The van der Waals surface area contributed by atoms with E-state index in [1.807, 2.05) is 6.07 Å². The van der Waals surface area contributed by atoms with Gasteiger partial charge in [0.05, 0.1) is 7.11 Å². The molecule has 3 nitrogen and oxygen atoms in total. The number of rotatable bonds is 4. The second-order valence-electron chi connectivity index (χ2n) is 4.93. The molecule has 98 valence electrons. The SMILES string of the molecule is COc1ccc2c(c1)C(CCNC(C)=O)CCC2. The normalized spacial score (nSPS) is 18.0. The smallest absolute Gasteiger partial charge is 0.216 e. The van der Waals surface area contributed by atoms with Crippen molar-refractivity contribution in [3.8, 4) is 5.75 Å². The molecule has 1 amide bonds. The molecule has 1 aromatic rings. The van der Waals surface area contributed by atoms with E-state index in [0.29, 0.717) is 5.92 Å². The first-order valence-electron chi connectivity index (χ1n) is 6.62. The van der Waals surface area contributed by atoms with Crippen molar-refractivity contribution in [1.82, 2.24) is 5.32 Å². The maximum atomic E-state index is 10.9. The van der Waals surface area contributed by atoms with E-state index in [2.05, 4.69) is 17.4 Å². The van der Waals surface area contributed by atoms with Crippen LogP contribution in [0.1, 0.15) is 43.2 Å². The zero-order valence-corrected chi connectivity index (χ0v) is 11.2. The largest absolute Gasteiger partial charge is 0.497 e. The summed E-state index contributed by atoms with van der Waals surface area (Å²) in [5.74, 6) is 1.53. The minimum atomic E-state index is 0.0525. The summed E-state index contributed by atoms with van der Waals surface area (Å²) < 4.78 is 5.30. The molecule has 0 radical (unpaired) electrons. The molecule has 1 unspecified atom stereocenters. The molecule has 0 heterocycles. The molecule has 1 aliphatic rings. The highest BCUT2D eigenvalue weighted by molar-refractivity contribution is 5.72. The van der Waals surface area contributed by atoms with E-state index in [-0.39, 0.29) is 5.91 Å². The fourth-order valence-corrected chi connectivity index (χ4v) is 2.72. The third-order valence-electron chi connectivity index (χ3n) is 3.66. The lowest BCUT2D eigenvalue weighted by atomic mass is 9.81. The summed E-state index contributed by atoms with van der Waals surface area (Å²) in [7, 11) is 1.71. The molecule has 0 spiro atoms. The Kier molecular flexibility index (Phi) is 4.24. The molecule has 0 aromatic heterocycles. The van der Waals surface area contributed by atoms with Crippen molar-refractivity contribution >= 4 is 5.91 Å². The molecule has 2 rings (SSSR count). The van der Waals surface area contributed by atoms with Crippen LogP contribution in [0.3, 0.4) is 0 Å². The van der Waals surface area contributed by atoms with Gasteiger partial charge in [0.1, 0.15) is 5.75 Å². The van der Waals surface area contributed by atoms with Gasteiger partial charge >= 0.3 is 0 Å². The van der Waals surface area contributed by atoms with Crippen LogP contribution in [-0.4, -0.2) is 19.6 Å². The number of aryl methyl sites for hydroxylation is 1. The van der Waals surface area contributed by atoms with Crippen molar-refractivity contribution in [2.24, 2.45) is 0 Å². The van der Waals surface area contributed by atoms with E-state index >= 15 is 0 Å². The lowest BCUT2D eigenvalue weighted by Crippen LogP contribution is -2.23. The van der Waals surface area contributed by atoms with Crippen LogP contribution in [0.25, 0.3) is 0 Å². The summed E-state index contributed by atoms with van der Waals surface area (Å²) in [6, 6.07) is 6.38. The summed E-state index contributed by atoms with van der Waals surface area (Å²) in [4.78, 5) is 10.9. The van der Waals surface area contributed by atoms with Crippen LogP contribution in [-0.2, 0) is 11.2 Å². The van der Waals surface area contributed by atoms with E-state index in [1.54, 1.807) is 14.0 Å². The van der Waals surface area contributed by atoms with Crippen molar-refractivity contribution < 1.29 is 9.53 Å². The Hall–Kier alpha value is -1.51. The van der Waals surface area contributed by atoms with Crippen molar-refractivity contribution in [2.45, 2.75) is 38.5 Å². The molecule has 0 saturated carbocycles. The summed E-state index contributed by atoms with van der Waals surface area (Å²) >= 11 is 0. The van der Waals surface area contributed by atoms with Gasteiger partial charge in [-0.2, -0.15) is 0 Å². The fraction of sp³-hybridized carbons (Fsp3) is 0.533.